The van der Waals surface area contributed by atoms with Crippen molar-refractivity contribution in [1.29, 1.82) is 0 Å². The Labute approximate surface area is 136 Å². The second kappa shape index (κ2) is 7.05. The molecular formula is C18H22N2OS. The summed E-state index contributed by atoms with van der Waals surface area (Å²) in [6.45, 7) is 2.91. The number of carbonyl (C=O) groups is 1. The number of rotatable bonds is 4. The van der Waals surface area contributed by atoms with Gasteiger partial charge in [-0.1, -0.05) is 37.3 Å². The number of amides is 1. The largest absolute Gasteiger partial charge is 0.333 e. The number of hydrogen-bond donors (Lipinski definition) is 0. The average Bonchev–Trinajstić information content (AvgIpc) is 3.09. The van der Waals surface area contributed by atoms with Crippen molar-refractivity contribution >= 4 is 17.2 Å². The minimum atomic E-state index is 0.0166. The van der Waals surface area contributed by atoms with Crippen LogP contribution in [-0.4, -0.2) is 22.3 Å². The molecule has 4 heteroatoms. The van der Waals surface area contributed by atoms with Gasteiger partial charge in [-0.25, -0.2) is 4.98 Å². The molecule has 3 nitrogen and oxygen atoms in total. The normalized spacial score (nSPS) is 19.9. The van der Waals surface area contributed by atoms with Gasteiger partial charge in [0, 0.05) is 24.0 Å². The predicted molar refractivity (Wildman–Crippen MR) is 89.7 cm³/mol. The summed E-state index contributed by atoms with van der Waals surface area (Å²) < 4.78 is 0. The van der Waals surface area contributed by atoms with Crippen molar-refractivity contribution in [2.75, 3.05) is 6.54 Å². The summed E-state index contributed by atoms with van der Waals surface area (Å²) >= 11 is 1.66. The van der Waals surface area contributed by atoms with Crippen molar-refractivity contribution in [2.24, 2.45) is 5.92 Å². The maximum absolute atomic E-state index is 12.9. The van der Waals surface area contributed by atoms with Crippen LogP contribution < -0.4 is 0 Å². The Balaban J connectivity index is 1.71. The van der Waals surface area contributed by atoms with Crippen LogP contribution in [0.25, 0.3) is 0 Å². The van der Waals surface area contributed by atoms with E-state index >= 15 is 0 Å². The first-order valence-corrected chi connectivity index (χ1v) is 8.87. The van der Waals surface area contributed by atoms with Crippen LogP contribution >= 0.6 is 11.3 Å². The van der Waals surface area contributed by atoms with Crippen molar-refractivity contribution in [3.8, 4) is 0 Å². The van der Waals surface area contributed by atoms with Crippen molar-refractivity contribution in [1.82, 2.24) is 9.88 Å². The van der Waals surface area contributed by atoms with Gasteiger partial charge in [-0.15, -0.1) is 11.3 Å². The first kappa shape index (κ1) is 15.2. The molecule has 1 fully saturated rings. The van der Waals surface area contributed by atoms with Gasteiger partial charge in [-0.05, 0) is 31.2 Å². The molecule has 3 rings (SSSR count). The summed E-state index contributed by atoms with van der Waals surface area (Å²) in [5, 5.41) is 3.08. The zero-order valence-electron chi connectivity index (χ0n) is 12.9. The topological polar surface area (TPSA) is 33.2 Å². The van der Waals surface area contributed by atoms with Crippen LogP contribution in [-0.2, 0) is 11.2 Å². The van der Waals surface area contributed by atoms with Crippen molar-refractivity contribution in [3.05, 3.63) is 52.5 Å². The molecule has 116 valence electrons. The smallest absolute Gasteiger partial charge is 0.226 e. The van der Waals surface area contributed by atoms with E-state index in [-0.39, 0.29) is 17.9 Å². The zero-order chi connectivity index (χ0) is 15.4. The number of piperidine rings is 1. The van der Waals surface area contributed by atoms with E-state index in [4.69, 9.17) is 0 Å². The van der Waals surface area contributed by atoms with E-state index in [9.17, 15) is 4.79 Å². The number of benzene rings is 1. The number of thiazole rings is 1. The van der Waals surface area contributed by atoms with Gasteiger partial charge in [0.25, 0.3) is 0 Å². The lowest BCUT2D eigenvalue weighted by Gasteiger charge is -2.36. The fraction of sp³-hybridized carbons (Fsp3) is 0.444. The third kappa shape index (κ3) is 3.38. The van der Waals surface area contributed by atoms with Crippen LogP contribution in [0.3, 0.4) is 0 Å². The maximum atomic E-state index is 12.9. The minimum absolute atomic E-state index is 0.0166. The summed E-state index contributed by atoms with van der Waals surface area (Å²) in [6.07, 6.45) is 5.97. The Bertz CT molecular complexity index is 597. The minimum Gasteiger partial charge on any atom is -0.333 e. The Morgan fingerprint density at radius 1 is 1.36 bits per heavy atom. The number of aromatic nitrogens is 1. The average molecular weight is 314 g/mol. The third-order valence-corrected chi connectivity index (χ3v) is 5.21. The number of nitrogens with zero attached hydrogens (tertiary/aromatic N) is 2. The predicted octanol–water partition coefficient (Wildman–Crippen LogP) is 4.08. The van der Waals surface area contributed by atoms with Gasteiger partial charge in [-0.3, -0.25) is 4.79 Å². The van der Waals surface area contributed by atoms with E-state index in [1.165, 1.54) is 12.0 Å². The Kier molecular flexibility index (Phi) is 4.88. The van der Waals surface area contributed by atoms with Crippen LogP contribution in [0.15, 0.2) is 41.9 Å². The summed E-state index contributed by atoms with van der Waals surface area (Å²) in [5.74, 6) is 0.284. The van der Waals surface area contributed by atoms with E-state index in [1.807, 2.05) is 36.7 Å². The zero-order valence-corrected chi connectivity index (χ0v) is 13.8. The molecule has 0 spiro atoms. The highest BCUT2D eigenvalue weighted by molar-refractivity contribution is 7.09. The van der Waals surface area contributed by atoms with Crippen LogP contribution in [0.4, 0.5) is 0 Å². The fourth-order valence-electron chi connectivity index (χ4n) is 3.19. The van der Waals surface area contributed by atoms with E-state index in [1.54, 1.807) is 11.3 Å². The second-order valence-corrected chi connectivity index (χ2v) is 6.93. The third-order valence-electron chi connectivity index (χ3n) is 4.33. The highest BCUT2D eigenvalue weighted by Crippen LogP contribution is 2.33. The van der Waals surface area contributed by atoms with Crippen LogP contribution in [0.1, 0.15) is 42.8 Å². The molecule has 1 aliphatic heterocycles. The van der Waals surface area contributed by atoms with E-state index in [2.05, 4.69) is 22.0 Å². The quantitative estimate of drug-likeness (QED) is 0.852. The first-order chi connectivity index (χ1) is 10.8. The van der Waals surface area contributed by atoms with Gasteiger partial charge in [0.15, 0.2) is 0 Å². The molecule has 2 aromatic rings. The van der Waals surface area contributed by atoms with Crippen LogP contribution in [0.5, 0.6) is 0 Å². The maximum Gasteiger partial charge on any atom is 0.226 e. The monoisotopic (exact) mass is 314 g/mol. The summed E-state index contributed by atoms with van der Waals surface area (Å²) in [4.78, 5) is 19.4. The van der Waals surface area contributed by atoms with E-state index < -0.39 is 0 Å². The van der Waals surface area contributed by atoms with Gasteiger partial charge in [0.05, 0.1) is 6.04 Å². The summed E-state index contributed by atoms with van der Waals surface area (Å²) in [7, 11) is 0. The van der Waals surface area contributed by atoms with Gasteiger partial charge >= 0.3 is 0 Å². The molecule has 0 N–H and O–H groups in total. The Morgan fingerprint density at radius 2 is 2.18 bits per heavy atom. The van der Waals surface area contributed by atoms with E-state index in [0.29, 0.717) is 0 Å². The molecule has 0 bridgehead atoms. The molecule has 0 saturated carbocycles. The first-order valence-electron chi connectivity index (χ1n) is 7.99. The van der Waals surface area contributed by atoms with Gasteiger partial charge in [0.1, 0.15) is 5.01 Å². The molecule has 1 aromatic carbocycles. The van der Waals surface area contributed by atoms with Gasteiger partial charge in [-0.2, -0.15) is 0 Å². The van der Waals surface area contributed by atoms with Crippen molar-refractivity contribution < 1.29 is 4.79 Å². The molecule has 2 atom stereocenters. The molecule has 1 aliphatic rings. The molecule has 22 heavy (non-hydrogen) atoms. The SMILES string of the molecule is CC(Cc1ccccc1)C(=O)N1CCCCC1c1nccs1. The van der Waals surface area contributed by atoms with Crippen molar-refractivity contribution in [2.45, 2.75) is 38.6 Å². The molecule has 1 amide bonds. The number of carbonyl (C=O) groups excluding carboxylic acids is 1. The summed E-state index contributed by atoms with van der Waals surface area (Å²) in [5.41, 5.74) is 1.23. The lowest BCUT2D eigenvalue weighted by atomic mass is 9.96. The fourth-order valence-corrected chi connectivity index (χ4v) is 3.97. The lowest BCUT2D eigenvalue weighted by Crippen LogP contribution is -2.41. The molecule has 1 aromatic heterocycles. The molecule has 0 radical (unpaired) electrons. The molecule has 0 aliphatic carbocycles. The summed E-state index contributed by atoms with van der Waals surface area (Å²) in [6, 6.07) is 10.5. The highest BCUT2D eigenvalue weighted by atomic mass is 32.1. The molecular weight excluding hydrogens is 292 g/mol. The number of likely N-dealkylation sites (tertiary alicyclic amines) is 1. The molecule has 1 saturated heterocycles. The van der Waals surface area contributed by atoms with Gasteiger partial charge < -0.3 is 4.90 Å². The van der Waals surface area contributed by atoms with Gasteiger partial charge in [0.2, 0.25) is 5.91 Å². The van der Waals surface area contributed by atoms with Crippen molar-refractivity contribution in [3.63, 3.8) is 0 Å². The highest BCUT2D eigenvalue weighted by Gasteiger charge is 2.31. The second-order valence-electron chi connectivity index (χ2n) is 6.00. The van der Waals surface area contributed by atoms with Crippen LogP contribution in [0.2, 0.25) is 0 Å². The van der Waals surface area contributed by atoms with Crippen LogP contribution in [0, 0.1) is 5.92 Å². The van der Waals surface area contributed by atoms with E-state index in [0.717, 1.165) is 30.8 Å². The Morgan fingerprint density at radius 3 is 2.91 bits per heavy atom. The standard InChI is InChI=1S/C18H22N2OS/c1-14(13-15-7-3-2-4-8-15)18(21)20-11-6-5-9-16(20)17-19-10-12-22-17/h2-4,7-8,10,12,14,16H,5-6,9,11,13H2,1H3. The number of hydrogen-bond acceptors (Lipinski definition) is 3. The Hall–Kier alpha value is -1.68. The molecule has 2 heterocycles. The lowest BCUT2D eigenvalue weighted by molar-refractivity contribution is -0.139. The molecule has 2 unspecified atom stereocenters.